The zero-order valence-corrected chi connectivity index (χ0v) is 14.9. The molecule has 2 nitrogen and oxygen atoms in total. The number of carbonyl (C=O) groups excluding carboxylic acids is 1. The minimum absolute atomic E-state index is 0.157. The lowest BCUT2D eigenvalue weighted by molar-refractivity contribution is -0.142. The van der Waals surface area contributed by atoms with E-state index in [0.29, 0.717) is 6.42 Å². The molecule has 0 spiro atoms. The number of hydrogen-bond acceptors (Lipinski definition) is 2. The van der Waals surface area contributed by atoms with Gasteiger partial charge in [0.25, 0.3) is 0 Å². The van der Waals surface area contributed by atoms with Crippen molar-refractivity contribution in [3.8, 4) is 0 Å². The van der Waals surface area contributed by atoms with Gasteiger partial charge in [0.15, 0.2) is 0 Å². The highest BCUT2D eigenvalue weighted by molar-refractivity contribution is 6.91. The van der Waals surface area contributed by atoms with E-state index in [1.807, 2.05) is 24.3 Å². The van der Waals surface area contributed by atoms with Crippen molar-refractivity contribution in [1.82, 2.24) is 0 Å². The van der Waals surface area contributed by atoms with E-state index >= 15 is 0 Å². The Kier molecular flexibility index (Phi) is 5.94. The smallest absolute Gasteiger partial charge is 0.306 e. The molecule has 0 bridgehead atoms. The third-order valence-corrected chi connectivity index (χ3v) is 8.42. The van der Waals surface area contributed by atoms with E-state index in [1.165, 1.54) is 10.8 Å². The van der Waals surface area contributed by atoms with Gasteiger partial charge in [0.2, 0.25) is 0 Å². The Morgan fingerprint density at radius 1 is 1.09 bits per heavy atom. The fourth-order valence-corrected chi connectivity index (χ4v) is 6.08. The highest BCUT2D eigenvalue weighted by Crippen LogP contribution is 2.30. The molecule has 0 radical (unpaired) electrons. The molecule has 2 aromatic rings. The first-order valence-corrected chi connectivity index (χ1v) is 11.0. The Bertz CT molecular complexity index is 635. The highest BCUT2D eigenvalue weighted by atomic mass is 28.3. The third kappa shape index (κ3) is 4.42. The molecule has 0 fully saturated rings. The maximum absolute atomic E-state index is 12.2. The fraction of sp³-hybridized carbons (Fsp3) is 0.250. The largest absolute Gasteiger partial charge is 0.461 e. The van der Waals surface area contributed by atoms with Crippen LogP contribution in [0.1, 0.15) is 17.5 Å². The van der Waals surface area contributed by atoms with E-state index in [0.717, 1.165) is 0 Å². The Morgan fingerprint density at radius 2 is 1.65 bits per heavy atom. The number of rotatable bonds is 7. The van der Waals surface area contributed by atoms with Crippen LogP contribution in [-0.2, 0) is 9.53 Å². The summed E-state index contributed by atoms with van der Waals surface area (Å²) in [6.45, 7) is 8.51. The van der Waals surface area contributed by atoms with Crippen LogP contribution in [-0.4, -0.2) is 20.7 Å². The van der Waals surface area contributed by atoms with Gasteiger partial charge in [0, 0.05) is 0 Å². The molecule has 0 heterocycles. The molecule has 0 aliphatic rings. The van der Waals surface area contributed by atoms with Crippen LogP contribution in [0.3, 0.4) is 0 Å². The summed E-state index contributed by atoms with van der Waals surface area (Å²) in [6, 6.07) is 20.8. The summed E-state index contributed by atoms with van der Waals surface area (Å²) in [6.07, 6.45) is 2.02. The molecule has 0 unspecified atom stereocenters. The number of ether oxygens (including phenoxy) is 1. The van der Waals surface area contributed by atoms with Crippen LogP contribution in [0.15, 0.2) is 73.3 Å². The average Bonchev–Trinajstić information content (AvgIpc) is 2.59. The lowest BCUT2D eigenvalue weighted by Gasteiger charge is -2.33. The summed E-state index contributed by atoms with van der Waals surface area (Å²) in [5.74, 6) is -0.157. The molecule has 2 rings (SSSR count). The van der Waals surface area contributed by atoms with Gasteiger partial charge in [-0.2, -0.15) is 0 Å². The standard InChI is InChI=1S/C20H24O2Si/c1-4-15-22-20(21)16-19(17-11-7-5-8-12-17)23(2,3)18-13-9-6-10-14-18/h4-14,19H,1,15-16H2,2-3H3/t19-/m1/s1. The summed E-state index contributed by atoms with van der Waals surface area (Å²) in [4.78, 5) is 12.2. The third-order valence-electron chi connectivity index (χ3n) is 4.32. The van der Waals surface area contributed by atoms with Crippen molar-refractivity contribution >= 4 is 19.2 Å². The molecular weight excluding hydrogens is 300 g/mol. The van der Waals surface area contributed by atoms with Gasteiger partial charge < -0.3 is 4.74 Å². The summed E-state index contributed by atoms with van der Waals surface area (Å²) >= 11 is 0. The van der Waals surface area contributed by atoms with Crippen molar-refractivity contribution in [1.29, 1.82) is 0 Å². The SMILES string of the molecule is C=CCOC(=O)C[C@H](c1ccccc1)[Si](C)(C)c1ccccc1. The van der Waals surface area contributed by atoms with Crippen molar-refractivity contribution in [2.75, 3.05) is 6.61 Å². The van der Waals surface area contributed by atoms with Crippen LogP contribution in [0.25, 0.3) is 0 Å². The monoisotopic (exact) mass is 324 g/mol. The van der Waals surface area contributed by atoms with Crippen LogP contribution in [0.4, 0.5) is 0 Å². The van der Waals surface area contributed by atoms with Gasteiger partial charge in [0.1, 0.15) is 6.61 Å². The first-order chi connectivity index (χ1) is 11.1. The second-order valence-electron chi connectivity index (χ2n) is 6.23. The van der Waals surface area contributed by atoms with Crippen molar-refractivity contribution in [3.05, 3.63) is 78.9 Å². The molecule has 0 saturated carbocycles. The number of benzene rings is 2. The van der Waals surface area contributed by atoms with Gasteiger partial charge in [-0.05, 0) is 11.1 Å². The molecule has 1 atom stereocenters. The average molecular weight is 324 g/mol. The predicted molar refractivity (Wildman–Crippen MR) is 98.5 cm³/mol. The summed E-state index contributed by atoms with van der Waals surface area (Å²) in [5.41, 5.74) is 1.40. The van der Waals surface area contributed by atoms with E-state index in [9.17, 15) is 4.79 Å². The quantitative estimate of drug-likeness (QED) is 0.436. The number of hydrogen-bond donors (Lipinski definition) is 0. The minimum atomic E-state index is -1.88. The first kappa shape index (κ1) is 17.2. The maximum Gasteiger partial charge on any atom is 0.306 e. The van der Waals surface area contributed by atoms with Gasteiger partial charge in [-0.3, -0.25) is 4.79 Å². The van der Waals surface area contributed by atoms with E-state index in [1.54, 1.807) is 6.08 Å². The second kappa shape index (κ2) is 7.93. The van der Waals surface area contributed by atoms with Crippen molar-refractivity contribution in [3.63, 3.8) is 0 Å². The normalized spacial score (nSPS) is 12.4. The molecule has 0 aliphatic carbocycles. The molecule has 0 saturated heterocycles. The summed E-state index contributed by atoms with van der Waals surface area (Å²) in [7, 11) is -1.88. The Hall–Kier alpha value is -2.13. The van der Waals surface area contributed by atoms with Crippen LogP contribution in [0.2, 0.25) is 13.1 Å². The summed E-state index contributed by atoms with van der Waals surface area (Å²) in [5, 5.41) is 1.35. The van der Waals surface area contributed by atoms with Crippen LogP contribution < -0.4 is 5.19 Å². The zero-order chi connectivity index (χ0) is 16.7. The fourth-order valence-electron chi connectivity index (χ4n) is 2.92. The zero-order valence-electron chi connectivity index (χ0n) is 13.9. The first-order valence-electron chi connectivity index (χ1n) is 7.92. The molecular formula is C20H24O2Si. The lowest BCUT2D eigenvalue weighted by Crippen LogP contribution is -2.48. The van der Waals surface area contributed by atoms with E-state index in [2.05, 4.69) is 56.1 Å². The van der Waals surface area contributed by atoms with Crippen molar-refractivity contribution < 1.29 is 9.53 Å². The molecule has 0 N–H and O–H groups in total. The Labute approximate surface area is 139 Å². The number of esters is 1. The van der Waals surface area contributed by atoms with Crippen LogP contribution in [0, 0.1) is 0 Å². The van der Waals surface area contributed by atoms with Gasteiger partial charge >= 0.3 is 5.97 Å². The van der Waals surface area contributed by atoms with E-state index < -0.39 is 8.07 Å². The van der Waals surface area contributed by atoms with Gasteiger partial charge in [-0.15, -0.1) is 0 Å². The van der Waals surface area contributed by atoms with Gasteiger partial charge in [-0.1, -0.05) is 91.6 Å². The van der Waals surface area contributed by atoms with Crippen molar-refractivity contribution in [2.45, 2.75) is 25.1 Å². The predicted octanol–water partition coefficient (Wildman–Crippen LogP) is 4.04. The Morgan fingerprint density at radius 3 is 2.22 bits per heavy atom. The molecule has 2 aromatic carbocycles. The Balaban J connectivity index is 2.33. The molecule has 3 heteroatoms. The maximum atomic E-state index is 12.2. The lowest BCUT2D eigenvalue weighted by atomic mass is 10.1. The van der Waals surface area contributed by atoms with E-state index in [4.69, 9.17) is 4.74 Å². The van der Waals surface area contributed by atoms with Gasteiger partial charge in [-0.25, -0.2) is 0 Å². The van der Waals surface area contributed by atoms with Crippen molar-refractivity contribution in [2.24, 2.45) is 0 Å². The number of carbonyl (C=O) groups is 1. The summed E-state index contributed by atoms with van der Waals surface area (Å²) < 4.78 is 5.24. The molecule has 0 amide bonds. The second-order valence-corrected chi connectivity index (χ2v) is 10.9. The van der Waals surface area contributed by atoms with E-state index in [-0.39, 0.29) is 18.1 Å². The topological polar surface area (TPSA) is 26.3 Å². The minimum Gasteiger partial charge on any atom is -0.461 e. The molecule has 120 valence electrons. The molecule has 23 heavy (non-hydrogen) atoms. The molecule has 0 aliphatic heterocycles. The van der Waals surface area contributed by atoms with Crippen LogP contribution in [0.5, 0.6) is 0 Å². The van der Waals surface area contributed by atoms with Gasteiger partial charge in [0.05, 0.1) is 14.5 Å². The van der Waals surface area contributed by atoms with Crippen LogP contribution >= 0.6 is 0 Å². The molecule has 0 aromatic heterocycles. The highest BCUT2D eigenvalue weighted by Gasteiger charge is 2.36.